The van der Waals surface area contributed by atoms with E-state index in [4.69, 9.17) is 0 Å². The van der Waals surface area contributed by atoms with E-state index in [2.05, 4.69) is 24.1 Å². The number of aliphatic hydroxyl groups is 1. The van der Waals surface area contributed by atoms with Crippen LogP contribution >= 0.6 is 0 Å². The molecular formula is C25H39N3O3. The van der Waals surface area contributed by atoms with Gasteiger partial charge in [-0.3, -0.25) is 14.6 Å². The molecule has 6 heteroatoms. The van der Waals surface area contributed by atoms with Gasteiger partial charge in [0.15, 0.2) is 0 Å². The Bertz CT molecular complexity index is 767. The van der Waals surface area contributed by atoms with Crippen LogP contribution in [0.4, 0.5) is 0 Å². The molecule has 2 amide bonds. The van der Waals surface area contributed by atoms with Crippen LogP contribution in [0.5, 0.6) is 0 Å². The minimum absolute atomic E-state index is 0.0148. The third-order valence-corrected chi connectivity index (χ3v) is 8.25. The quantitative estimate of drug-likeness (QED) is 0.725. The number of nitrogens with one attached hydrogen (secondary N) is 1. The van der Waals surface area contributed by atoms with Gasteiger partial charge in [0.1, 0.15) is 0 Å². The van der Waals surface area contributed by atoms with Crippen molar-refractivity contribution in [2.24, 2.45) is 29.1 Å². The highest BCUT2D eigenvalue weighted by molar-refractivity contribution is 5.94. The molecule has 172 valence electrons. The summed E-state index contributed by atoms with van der Waals surface area (Å²) in [7, 11) is 0. The molecule has 0 bridgehead atoms. The average molecular weight is 430 g/mol. The van der Waals surface area contributed by atoms with Crippen molar-refractivity contribution >= 4 is 11.8 Å². The van der Waals surface area contributed by atoms with E-state index >= 15 is 0 Å². The Morgan fingerprint density at radius 3 is 2.45 bits per heavy atom. The Labute approximate surface area is 186 Å². The van der Waals surface area contributed by atoms with Gasteiger partial charge >= 0.3 is 0 Å². The molecule has 31 heavy (non-hydrogen) atoms. The van der Waals surface area contributed by atoms with Crippen molar-refractivity contribution < 1.29 is 14.7 Å². The van der Waals surface area contributed by atoms with Crippen LogP contribution in [0.1, 0.15) is 70.7 Å². The van der Waals surface area contributed by atoms with Crippen molar-refractivity contribution in [3.63, 3.8) is 0 Å². The first-order valence-corrected chi connectivity index (χ1v) is 11.9. The topological polar surface area (TPSA) is 82.5 Å². The molecule has 0 aromatic carbocycles. The molecule has 2 aliphatic rings. The lowest BCUT2D eigenvalue weighted by Crippen LogP contribution is -2.58. The molecule has 2 fully saturated rings. The van der Waals surface area contributed by atoms with E-state index in [9.17, 15) is 14.7 Å². The number of aromatic nitrogens is 1. The van der Waals surface area contributed by atoms with Crippen LogP contribution < -0.4 is 5.32 Å². The van der Waals surface area contributed by atoms with E-state index in [0.717, 1.165) is 25.7 Å². The van der Waals surface area contributed by atoms with E-state index in [1.165, 1.54) is 0 Å². The summed E-state index contributed by atoms with van der Waals surface area (Å²) in [5.41, 5.74) is 0.654. The maximum absolute atomic E-state index is 13.0. The number of aliphatic hydroxyl groups excluding tert-OH is 1. The second-order valence-corrected chi connectivity index (χ2v) is 9.89. The molecule has 2 aliphatic carbocycles. The van der Waals surface area contributed by atoms with Crippen LogP contribution in [0.15, 0.2) is 24.5 Å². The van der Waals surface area contributed by atoms with Crippen molar-refractivity contribution in [1.82, 2.24) is 15.2 Å². The highest BCUT2D eigenvalue weighted by Gasteiger charge is 2.54. The van der Waals surface area contributed by atoms with Crippen molar-refractivity contribution in [1.29, 1.82) is 0 Å². The van der Waals surface area contributed by atoms with Gasteiger partial charge in [0.05, 0.1) is 6.10 Å². The van der Waals surface area contributed by atoms with Crippen LogP contribution in [-0.2, 0) is 4.79 Å². The number of fused-ring (bicyclic) bond motifs is 1. The molecule has 3 rings (SSSR count). The number of hydrogen-bond acceptors (Lipinski definition) is 4. The number of hydrogen-bond donors (Lipinski definition) is 2. The van der Waals surface area contributed by atoms with Gasteiger partial charge in [0, 0.05) is 43.0 Å². The fourth-order valence-corrected chi connectivity index (χ4v) is 6.26. The lowest BCUT2D eigenvalue weighted by atomic mass is 9.51. The molecule has 6 nitrogen and oxygen atoms in total. The zero-order valence-corrected chi connectivity index (χ0v) is 19.7. The van der Waals surface area contributed by atoms with E-state index in [0.29, 0.717) is 18.7 Å². The predicted octanol–water partition coefficient (Wildman–Crippen LogP) is 3.51. The standard InChI is InChI=1S/C25H39N3O3/c1-6-28(7-2)24(31)16(3)19-8-12-25(5)13-9-20(17(4)21(25)22(19)29)27-23(30)18-10-14-26-15-11-18/h10-11,14-17,19-22,29H,6-9,12-13H2,1-5H3,(H,27,30)/t16-,17+,19-,20-,21+,22-,25+/m0/s1. The van der Waals surface area contributed by atoms with Crippen LogP contribution in [0.25, 0.3) is 0 Å². The molecule has 2 saturated carbocycles. The maximum Gasteiger partial charge on any atom is 0.251 e. The second kappa shape index (κ2) is 9.68. The summed E-state index contributed by atoms with van der Waals surface area (Å²) in [6.07, 6.45) is 6.50. The Balaban J connectivity index is 1.75. The van der Waals surface area contributed by atoms with Crippen LogP contribution in [0.3, 0.4) is 0 Å². The Morgan fingerprint density at radius 2 is 1.84 bits per heavy atom. The molecule has 2 N–H and O–H groups in total. The molecule has 1 aromatic heterocycles. The number of amides is 2. The summed E-state index contributed by atoms with van der Waals surface area (Å²) < 4.78 is 0. The largest absolute Gasteiger partial charge is 0.392 e. The Hall–Kier alpha value is -1.95. The number of pyridine rings is 1. The van der Waals surface area contributed by atoms with Gasteiger partial charge in [-0.15, -0.1) is 0 Å². The van der Waals surface area contributed by atoms with E-state index in [-0.39, 0.29) is 46.9 Å². The molecular weight excluding hydrogens is 390 g/mol. The van der Waals surface area contributed by atoms with Crippen molar-refractivity contribution in [2.75, 3.05) is 13.1 Å². The molecule has 0 spiro atoms. The lowest BCUT2D eigenvalue weighted by molar-refractivity contribution is -0.149. The lowest BCUT2D eigenvalue weighted by Gasteiger charge is -2.56. The fourth-order valence-electron chi connectivity index (χ4n) is 6.26. The number of carbonyl (C=O) groups excluding carboxylic acids is 2. The summed E-state index contributed by atoms with van der Waals surface area (Å²) in [4.78, 5) is 31.6. The maximum atomic E-state index is 13.0. The van der Waals surface area contributed by atoms with Crippen molar-refractivity contribution in [3.05, 3.63) is 30.1 Å². The van der Waals surface area contributed by atoms with Crippen LogP contribution in [-0.4, -0.2) is 52.0 Å². The Morgan fingerprint density at radius 1 is 1.23 bits per heavy atom. The van der Waals surface area contributed by atoms with E-state index < -0.39 is 6.10 Å². The van der Waals surface area contributed by atoms with Crippen LogP contribution in [0, 0.1) is 29.1 Å². The van der Waals surface area contributed by atoms with Gasteiger partial charge < -0.3 is 15.3 Å². The molecule has 7 atom stereocenters. The summed E-state index contributed by atoms with van der Waals surface area (Å²) in [5, 5.41) is 14.7. The number of carbonyl (C=O) groups is 2. The van der Waals surface area contributed by atoms with Gasteiger partial charge in [0.2, 0.25) is 5.91 Å². The van der Waals surface area contributed by atoms with Gasteiger partial charge in [-0.05, 0) is 74.8 Å². The normalized spacial score (nSPS) is 33.8. The molecule has 0 aliphatic heterocycles. The summed E-state index contributed by atoms with van der Waals surface area (Å²) >= 11 is 0. The highest BCUT2D eigenvalue weighted by Crippen LogP contribution is 2.55. The third kappa shape index (κ3) is 4.64. The summed E-state index contributed by atoms with van der Waals surface area (Å²) in [5.74, 6) is 0.0212. The third-order valence-electron chi connectivity index (χ3n) is 8.25. The van der Waals surface area contributed by atoms with Gasteiger partial charge in [-0.2, -0.15) is 0 Å². The summed E-state index contributed by atoms with van der Waals surface area (Å²) in [6.45, 7) is 11.8. The SMILES string of the molecule is CCN(CC)C(=O)[C@@H](C)[C@@H]1CC[C@]2(C)CC[C@H](NC(=O)c3ccncc3)[C@@H](C)[C@@H]2[C@H]1O. The second-order valence-electron chi connectivity index (χ2n) is 9.89. The van der Waals surface area contributed by atoms with Gasteiger partial charge in [-0.1, -0.05) is 20.8 Å². The minimum Gasteiger partial charge on any atom is -0.392 e. The molecule has 0 unspecified atom stereocenters. The highest BCUT2D eigenvalue weighted by atomic mass is 16.3. The Kier molecular flexibility index (Phi) is 7.40. The zero-order valence-electron chi connectivity index (χ0n) is 19.7. The van der Waals surface area contributed by atoms with E-state index in [1.54, 1.807) is 24.5 Å². The van der Waals surface area contributed by atoms with Crippen molar-refractivity contribution in [2.45, 2.75) is 72.4 Å². The van der Waals surface area contributed by atoms with Gasteiger partial charge in [0.25, 0.3) is 5.91 Å². The summed E-state index contributed by atoms with van der Waals surface area (Å²) in [6, 6.07) is 3.46. The zero-order chi connectivity index (χ0) is 22.8. The first-order chi connectivity index (χ1) is 14.7. The molecule has 0 radical (unpaired) electrons. The van der Waals surface area contributed by atoms with Crippen LogP contribution in [0.2, 0.25) is 0 Å². The molecule has 1 aromatic rings. The number of nitrogens with zero attached hydrogens (tertiary/aromatic N) is 2. The molecule has 0 saturated heterocycles. The van der Waals surface area contributed by atoms with Crippen molar-refractivity contribution in [3.8, 4) is 0 Å². The minimum atomic E-state index is -0.538. The molecule has 1 heterocycles. The average Bonchev–Trinajstić information content (AvgIpc) is 2.76. The van der Waals surface area contributed by atoms with E-state index in [1.807, 2.05) is 25.7 Å². The van der Waals surface area contributed by atoms with Gasteiger partial charge in [-0.25, -0.2) is 0 Å². The first-order valence-electron chi connectivity index (χ1n) is 11.9. The number of rotatable bonds is 6. The fraction of sp³-hybridized carbons (Fsp3) is 0.720. The first kappa shape index (κ1) is 23.7. The predicted molar refractivity (Wildman–Crippen MR) is 121 cm³/mol. The monoisotopic (exact) mass is 429 g/mol. The smallest absolute Gasteiger partial charge is 0.251 e.